The summed E-state index contributed by atoms with van der Waals surface area (Å²) in [6, 6.07) is 26.5. The van der Waals surface area contributed by atoms with Gasteiger partial charge < -0.3 is 4.57 Å². The van der Waals surface area contributed by atoms with Crippen LogP contribution in [0.15, 0.2) is 84.9 Å². The minimum atomic E-state index is -0.565. The predicted octanol–water partition coefficient (Wildman–Crippen LogP) is 5.03. The van der Waals surface area contributed by atoms with Gasteiger partial charge in [-0.15, -0.1) is 0 Å². The number of amides is 1. The summed E-state index contributed by atoms with van der Waals surface area (Å²) in [5.74, 6) is 0.643. The summed E-state index contributed by atoms with van der Waals surface area (Å²) < 4.78 is 2.26. The van der Waals surface area contributed by atoms with E-state index < -0.39 is 5.91 Å². The number of nitrogens with one attached hydrogen (secondary N) is 1. The van der Waals surface area contributed by atoms with Gasteiger partial charge in [-0.25, -0.2) is 10.5 Å². The van der Waals surface area contributed by atoms with Crippen molar-refractivity contribution in [2.75, 3.05) is 0 Å². The van der Waals surface area contributed by atoms with E-state index >= 15 is 0 Å². The normalized spacial score (nSPS) is 12.3. The lowest BCUT2D eigenvalue weighted by molar-refractivity contribution is -0.124. The van der Waals surface area contributed by atoms with Crippen LogP contribution in [0.1, 0.15) is 24.0 Å². The molecule has 4 aromatic rings. The monoisotopic (exact) mass is 397 g/mol. The highest BCUT2D eigenvalue weighted by Crippen LogP contribution is 2.29. The van der Waals surface area contributed by atoms with Gasteiger partial charge in [-0.2, -0.15) is 0 Å². The van der Waals surface area contributed by atoms with E-state index in [2.05, 4.69) is 41.8 Å². The molecule has 1 amide bonds. The van der Waals surface area contributed by atoms with Crippen molar-refractivity contribution in [2.24, 2.45) is 0 Å². The average molecular weight is 397 g/mol. The van der Waals surface area contributed by atoms with Crippen molar-refractivity contribution in [3.8, 4) is 11.4 Å². The molecule has 0 spiro atoms. The maximum Gasteiger partial charge on any atom is 0.267 e. The number of nitrogens with zero attached hydrogens (tertiary/aromatic N) is 2. The number of fused-ring (bicyclic) bond motifs is 1. The van der Waals surface area contributed by atoms with Gasteiger partial charge in [0.1, 0.15) is 5.82 Å². The Kier molecular flexibility index (Phi) is 5.72. The standard InChI is InChI=1S/C25H23N3O2/c1-18(20-9-3-2-4-10-20)17-28-23-13-6-5-12-22(23)26-25(28)21-11-7-8-19(16-21)14-15-24(29)27-30/h2-16,18,30H,17H2,1H3,(H,27,29)/t18-/m0/s1. The molecule has 3 aromatic carbocycles. The van der Waals surface area contributed by atoms with Crippen molar-refractivity contribution >= 4 is 23.0 Å². The lowest BCUT2D eigenvalue weighted by Crippen LogP contribution is -2.14. The minimum absolute atomic E-state index is 0.318. The topological polar surface area (TPSA) is 67.2 Å². The lowest BCUT2D eigenvalue weighted by atomic mass is 10.0. The molecule has 0 aliphatic heterocycles. The number of rotatable bonds is 6. The van der Waals surface area contributed by atoms with Crippen LogP contribution in [0.4, 0.5) is 0 Å². The molecule has 0 aliphatic rings. The van der Waals surface area contributed by atoms with Crippen LogP contribution >= 0.6 is 0 Å². The summed E-state index contributed by atoms with van der Waals surface area (Å²) >= 11 is 0. The van der Waals surface area contributed by atoms with Crippen molar-refractivity contribution in [3.63, 3.8) is 0 Å². The van der Waals surface area contributed by atoms with E-state index in [1.165, 1.54) is 11.6 Å². The molecule has 1 aromatic heterocycles. The Morgan fingerprint density at radius 3 is 2.63 bits per heavy atom. The lowest BCUT2D eigenvalue weighted by Gasteiger charge is -2.16. The second-order valence-corrected chi connectivity index (χ2v) is 7.28. The molecule has 0 aliphatic carbocycles. The first kappa shape index (κ1) is 19.6. The maximum atomic E-state index is 11.3. The molecule has 1 heterocycles. The van der Waals surface area contributed by atoms with E-state index in [0.29, 0.717) is 5.92 Å². The molecule has 2 N–H and O–H groups in total. The van der Waals surface area contributed by atoms with E-state index in [1.807, 2.05) is 48.5 Å². The van der Waals surface area contributed by atoms with E-state index in [-0.39, 0.29) is 0 Å². The van der Waals surface area contributed by atoms with Crippen molar-refractivity contribution < 1.29 is 10.0 Å². The molecule has 150 valence electrons. The van der Waals surface area contributed by atoms with Crippen molar-refractivity contribution in [1.29, 1.82) is 0 Å². The average Bonchev–Trinajstić information content (AvgIpc) is 3.16. The van der Waals surface area contributed by atoms with Gasteiger partial charge in [0, 0.05) is 18.2 Å². The first-order valence-corrected chi connectivity index (χ1v) is 9.88. The highest BCUT2D eigenvalue weighted by Gasteiger charge is 2.16. The van der Waals surface area contributed by atoms with E-state index in [9.17, 15) is 4.79 Å². The summed E-state index contributed by atoms with van der Waals surface area (Å²) in [6.07, 6.45) is 2.95. The third-order valence-corrected chi connectivity index (χ3v) is 5.16. The molecule has 0 saturated carbocycles. The molecular weight excluding hydrogens is 374 g/mol. The number of para-hydroxylation sites is 2. The number of benzene rings is 3. The Labute approximate surface area is 175 Å². The van der Waals surface area contributed by atoms with Gasteiger partial charge in [-0.3, -0.25) is 10.0 Å². The first-order chi connectivity index (χ1) is 14.7. The van der Waals surface area contributed by atoms with Gasteiger partial charge in [0.25, 0.3) is 5.91 Å². The number of carbonyl (C=O) groups excluding carboxylic acids is 1. The molecular formula is C25H23N3O2. The van der Waals surface area contributed by atoms with Crippen LogP contribution in [0.3, 0.4) is 0 Å². The van der Waals surface area contributed by atoms with Gasteiger partial charge in [0.05, 0.1) is 11.0 Å². The van der Waals surface area contributed by atoms with E-state index in [0.717, 1.165) is 34.5 Å². The number of carbonyl (C=O) groups is 1. The fraction of sp³-hybridized carbons (Fsp3) is 0.120. The summed E-state index contributed by atoms with van der Waals surface area (Å²) in [4.78, 5) is 16.2. The minimum Gasteiger partial charge on any atom is -0.323 e. The Hall–Kier alpha value is -3.70. The zero-order valence-corrected chi connectivity index (χ0v) is 16.7. The first-order valence-electron chi connectivity index (χ1n) is 9.88. The van der Waals surface area contributed by atoms with Crippen LogP contribution < -0.4 is 5.48 Å². The summed E-state index contributed by atoms with van der Waals surface area (Å²) in [5.41, 5.74) is 6.76. The fourth-order valence-electron chi connectivity index (χ4n) is 3.63. The van der Waals surface area contributed by atoms with Crippen LogP contribution in [0.5, 0.6) is 0 Å². The third kappa shape index (κ3) is 4.16. The zero-order valence-electron chi connectivity index (χ0n) is 16.7. The molecule has 0 fully saturated rings. The Balaban J connectivity index is 1.75. The van der Waals surface area contributed by atoms with Crippen molar-refractivity contribution in [2.45, 2.75) is 19.4 Å². The van der Waals surface area contributed by atoms with E-state index in [4.69, 9.17) is 10.2 Å². The second-order valence-electron chi connectivity index (χ2n) is 7.28. The van der Waals surface area contributed by atoms with Crippen LogP contribution in [-0.4, -0.2) is 20.7 Å². The highest BCUT2D eigenvalue weighted by atomic mass is 16.5. The Morgan fingerprint density at radius 2 is 1.83 bits per heavy atom. The Bertz CT molecular complexity index is 1200. The summed E-state index contributed by atoms with van der Waals surface area (Å²) in [5, 5.41) is 8.68. The maximum absolute atomic E-state index is 11.3. The number of hydrogen-bond donors (Lipinski definition) is 2. The molecule has 0 saturated heterocycles. The van der Waals surface area contributed by atoms with Gasteiger partial charge in [0.15, 0.2) is 0 Å². The molecule has 1 atom stereocenters. The fourth-order valence-corrected chi connectivity index (χ4v) is 3.63. The van der Waals surface area contributed by atoms with Gasteiger partial charge in [0.2, 0.25) is 0 Å². The highest BCUT2D eigenvalue weighted by molar-refractivity contribution is 5.91. The zero-order chi connectivity index (χ0) is 20.9. The smallest absolute Gasteiger partial charge is 0.267 e. The third-order valence-electron chi connectivity index (χ3n) is 5.16. The molecule has 30 heavy (non-hydrogen) atoms. The van der Waals surface area contributed by atoms with Crippen molar-refractivity contribution in [3.05, 3.63) is 96.1 Å². The van der Waals surface area contributed by atoms with Crippen molar-refractivity contribution in [1.82, 2.24) is 15.0 Å². The van der Waals surface area contributed by atoms with Gasteiger partial charge in [-0.05, 0) is 41.3 Å². The molecule has 0 bridgehead atoms. The molecule has 5 heteroatoms. The number of imidazole rings is 1. The van der Waals surface area contributed by atoms with Gasteiger partial charge >= 0.3 is 0 Å². The van der Waals surface area contributed by atoms with Crippen LogP contribution in [0.2, 0.25) is 0 Å². The number of hydroxylamine groups is 1. The quantitative estimate of drug-likeness (QED) is 0.273. The SMILES string of the molecule is C[C@@H](Cn1c(-c2cccc(C=CC(=O)NO)c2)nc2ccccc21)c1ccccc1. The summed E-state index contributed by atoms with van der Waals surface area (Å²) in [7, 11) is 0. The Morgan fingerprint density at radius 1 is 1.07 bits per heavy atom. The van der Waals surface area contributed by atoms with Crippen LogP contribution in [0, 0.1) is 0 Å². The second kappa shape index (κ2) is 8.76. The number of aromatic nitrogens is 2. The molecule has 0 radical (unpaired) electrons. The largest absolute Gasteiger partial charge is 0.323 e. The molecule has 0 unspecified atom stereocenters. The summed E-state index contributed by atoms with van der Waals surface area (Å²) in [6.45, 7) is 3.02. The van der Waals surface area contributed by atoms with E-state index in [1.54, 1.807) is 11.6 Å². The van der Waals surface area contributed by atoms with Crippen LogP contribution in [-0.2, 0) is 11.3 Å². The predicted molar refractivity (Wildman–Crippen MR) is 119 cm³/mol. The molecule has 4 rings (SSSR count). The molecule has 5 nitrogen and oxygen atoms in total. The van der Waals surface area contributed by atoms with Gasteiger partial charge in [-0.1, -0.05) is 67.6 Å². The number of hydrogen-bond acceptors (Lipinski definition) is 3. The van der Waals surface area contributed by atoms with Crippen LogP contribution in [0.25, 0.3) is 28.5 Å².